The van der Waals surface area contributed by atoms with Crippen LogP contribution in [0.4, 0.5) is 0 Å². The molecule has 0 aliphatic carbocycles. The van der Waals surface area contributed by atoms with Gasteiger partial charge in [0, 0.05) is 34.8 Å². The summed E-state index contributed by atoms with van der Waals surface area (Å²) in [4.78, 5) is 13.8. The van der Waals surface area contributed by atoms with Crippen LogP contribution in [-0.2, 0) is 4.79 Å². The maximum Gasteiger partial charge on any atom is 0.257 e. The number of nitrogens with zero attached hydrogens (tertiary/aromatic N) is 1. The van der Waals surface area contributed by atoms with E-state index >= 15 is 0 Å². The molecule has 6 nitrogen and oxygen atoms in total. The lowest BCUT2D eigenvalue weighted by Gasteiger charge is -2.37. The van der Waals surface area contributed by atoms with Gasteiger partial charge in [0.2, 0.25) is 0 Å². The maximum atomic E-state index is 12.4. The average molecular weight is 303 g/mol. The number of aliphatic hydroxyl groups excluding tert-OH is 2. The quantitative estimate of drug-likeness (QED) is 0.476. The van der Waals surface area contributed by atoms with Crippen molar-refractivity contribution >= 4 is 11.6 Å². The SMILES string of the molecule is CC(=N)/C(C1=C(O)C2NC=C(C(C)C)C(=O)N2C=C1)=C(/C)O. The van der Waals surface area contributed by atoms with Gasteiger partial charge in [-0.15, -0.1) is 0 Å². The molecular formula is C16H21N3O3. The van der Waals surface area contributed by atoms with Crippen molar-refractivity contribution in [1.29, 1.82) is 5.41 Å². The molecule has 0 saturated carbocycles. The summed E-state index contributed by atoms with van der Waals surface area (Å²) < 4.78 is 0. The van der Waals surface area contributed by atoms with E-state index in [2.05, 4.69) is 5.32 Å². The summed E-state index contributed by atoms with van der Waals surface area (Å²) in [6.07, 6.45) is 4.01. The van der Waals surface area contributed by atoms with Crippen LogP contribution >= 0.6 is 0 Å². The van der Waals surface area contributed by atoms with Crippen LogP contribution in [0, 0.1) is 11.3 Å². The third kappa shape index (κ3) is 2.52. The fourth-order valence-corrected chi connectivity index (χ4v) is 2.62. The first-order chi connectivity index (χ1) is 10.3. The molecule has 2 rings (SSSR count). The van der Waals surface area contributed by atoms with E-state index in [1.807, 2.05) is 13.8 Å². The van der Waals surface area contributed by atoms with Crippen LogP contribution in [0.15, 0.2) is 46.7 Å². The van der Waals surface area contributed by atoms with Crippen LogP contribution in [0.2, 0.25) is 0 Å². The normalized spacial score (nSPS) is 22.2. The largest absolute Gasteiger partial charge is 0.512 e. The smallest absolute Gasteiger partial charge is 0.257 e. The van der Waals surface area contributed by atoms with Crippen molar-refractivity contribution in [2.45, 2.75) is 33.9 Å². The van der Waals surface area contributed by atoms with E-state index in [1.165, 1.54) is 18.7 Å². The highest BCUT2D eigenvalue weighted by Gasteiger charge is 2.36. The fourth-order valence-electron chi connectivity index (χ4n) is 2.62. The van der Waals surface area contributed by atoms with Crippen LogP contribution < -0.4 is 5.32 Å². The van der Waals surface area contributed by atoms with Gasteiger partial charge >= 0.3 is 0 Å². The number of allylic oxidation sites excluding steroid dienone is 4. The molecule has 2 heterocycles. The summed E-state index contributed by atoms with van der Waals surface area (Å²) in [6, 6.07) is 0. The van der Waals surface area contributed by atoms with Crippen molar-refractivity contribution in [2.24, 2.45) is 5.92 Å². The van der Waals surface area contributed by atoms with Crippen molar-refractivity contribution < 1.29 is 15.0 Å². The van der Waals surface area contributed by atoms with E-state index in [0.717, 1.165) is 0 Å². The highest BCUT2D eigenvalue weighted by atomic mass is 16.3. The lowest BCUT2D eigenvalue weighted by Crippen LogP contribution is -2.51. The second kappa shape index (κ2) is 5.71. The number of aliphatic hydroxyl groups is 2. The summed E-state index contributed by atoms with van der Waals surface area (Å²) in [5, 5.41) is 31.0. The second-order valence-electron chi connectivity index (χ2n) is 5.74. The van der Waals surface area contributed by atoms with Crippen molar-refractivity contribution in [3.05, 3.63) is 46.7 Å². The predicted octanol–water partition coefficient (Wildman–Crippen LogP) is 2.50. The Hall–Kier alpha value is -2.50. The Morgan fingerprint density at radius 1 is 1.41 bits per heavy atom. The minimum Gasteiger partial charge on any atom is -0.512 e. The van der Waals surface area contributed by atoms with Crippen molar-refractivity contribution in [3.63, 3.8) is 0 Å². The number of hydrogen-bond donors (Lipinski definition) is 4. The van der Waals surface area contributed by atoms with E-state index < -0.39 is 6.17 Å². The Labute approximate surface area is 129 Å². The molecule has 0 bridgehead atoms. The van der Waals surface area contributed by atoms with Crippen LogP contribution in [0.5, 0.6) is 0 Å². The molecule has 6 heteroatoms. The van der Waals surface area contributed by atoms with Crippen LogP contribution in [0.25, 0.3) is 0 Å². The Morgan fingerprint density at radius 3 is 2.55 bits per heavy atom. The summed E-state index contributed by atoms with van der Waals surface area (Å²) >= 11 is 0. The number of amides is 1. The van der Waals surface area contributed by atoms with Crippen molar-refractivity contribution in [3.8, 4) is 0 Å². The molecule has 0 spiro atoms. The number of hydrogen-bond acceptors (Lipinski definition) is 5. The van der Waals surface area contributed by atoms with E-state index in [0.29, 0.717) is 11.1 Å². The van der Waals surface area contributed by atoms with Crippen LogP contribution in [-0.4, -0.2) is 32.9 Å². The van der Waals surface area contributed by atoms with Gasteiger partial charge in [-0.1, -0.05) is 13.8 Å². The van der Waals surface area contributed by atoms with Gasteiger partial charge in [-0.3, -0.25) is 9.69 Å². The molecule has 0 fully saturated rings. The molecule has 2 aliphatic heterocycles. The second-order valence-corrected chi connectivity index (χ2v) is 5.74. The first-order valence-corrected chi connectivity index (χ1v) is 7.11. The molecule has 1 atom stereocenters. The summed E-state index contributed by atoms with van der Waals surface area (Å²) in [5.41, 5.74) is 1.38. The molecule has 0 saturated heterocycles. The Bertz CT molecular complexity index is 650. The third-order valence-electron chi connectivity index (χ3n) is 3.72. The van der Waals surface area contributed by atoms with Gasteiger partial charge in [0.1, 0.15) is 5.76 Å². The van der Waals surface area contributed by atoms with Crippen molar-refractivity contribution in [2.75, 3.05) is 0 Å². The van der Waals surface area contributed by atoms with Gasteiger partial charge in [-0.25, -0.2) is 0 Å². The van der Waals surface area contributed by atoms with E-state index in [9.17, 15) is 15.0 Å². The first-order valence-electron chi connectivity index (χ1n) is 7.11. The molecular weight excluding hydrogens is 282 g/mol. The van der Waals surface area contributed by atoms with Crippen LogP contribution in [0.3, 0.4) is 0 Å². The van der Waals surface area contributed by atoms with Gasteiger partial charge < -0.3 is 20.9 Å². The number of rotatable bonds is 3. The van der Waals surface area contributed by atoms with E-state index in [4.69, 9.17) is 5.41 Å². The molecule has 1 unspecified atom stereocenters. The van der Waals surface area contributed by atoms with Gasteiger partial charge in [-0.2, -0.15) is 0 Å². The number of carbonyl (C=O) groups is 1. The van der Waals surface area contributed by atoms with Gasteiger partial charge in [-0.05, 0) is 25.8 Å². The highest BCUT2D eigenvalue weighted by Crippen LogP contribution is 2.30. The summed E-state index contributed by atoms with van der Waals surface area (Å²) in [5.74, 6) is -0.239. The third-order valence-corrected chi connectivity index (χ3v) is 3.72. The lowest BCUT2D eigenvalue weighted by molar-refractivity contribution is -0.128. The van der Waals surface area contributed by atoms with Gasteiger partial charge in [0.25, 0.3) is 5.91 Å². The maximum absolute atomic E-state index is 12.4. The molecule has 0 aromatic rings. The molecule has 0 aromatic heterocycles. The Kier molecular flexibility index (Phi) is 4.12. The average Bonchev–Trinajstić information content (AvgIpc) is 2.41. The minimum absolute atomic E-state index is 0.0484. The molecule has 22 heavy (non-hydrogen) atoms. The van der Waals surface area contributed by atoms with E-state index in [-0.39, 0.29) is 34.6 Å². The monoisotopic (exact) mass is 303 g/mol. The molecule has 1 amide bonds. The number of nitrogens with one attached hydrogen (secondary N) is 2. The first kappa shape index (κ1) is 15.9. The Morgan fingerprint density at radius 2 is 2.05 bits per heavy atom. The molecule has 0 aromatic carbocycles. The highest BCUT2D eigenvalue weighted by molar-refractivity contribution is 6.02. The molecule has 118 valence electrons. The molecule has 4 N–H and O–H groups in total. The zero-order chi connectivity index (χ0) is 16.6. The summed E-state index contributed by atoms with van der Waals surface area (Å²) in [6.45, 7) is 6.85. The standard InChI is InChI=1S/C16H21N3O3/c1-8(2)12-7-18-15-14(21)11(5-6-19(15)16(12)22)13(9(3)17)10(4)20/h5-8,15,17-18,20-21H,1-4H3/b13-10+,17-9?. The fraction of sp³-hybridized carbons (Fsp3) is 0.375. The zero-order valence-electron chi connectivity index (χ0n) is 13.1. The van der Waals surface area contributed by atoms with Crippen LogP contribution in [0.1, 0.15) is 27.7 Å². The predicted molar refractivity (Wildman–Crippen MR) is 84.2 cm³/mol. The number of carbonyl (C=O) groups excluding carboxylic acids is 1. The van der Waals surface area contributed by atoms with E-state index in [1.54, 1.807) is 18.5 Å². The Balaban J connectivity index is 2.47. The molecule has 2 aliphatic rings. The zero-order valence-corrected chi connectivity index (χ0v) is 13.1. The molecule has 0 radical (unpaired) electrons. The topological polar surface area (TPSA) is 96.7 Å². The van der Waals surface area contributed by atoms with Crippen molar-refractivity contribution in [1.82, 2.24) is 10.2 Å². The number of fused-ring (bicyclic) bond motifs is 1. The summed E-state index contributed by atoms with van der Waals surface area (Å²) in [7, 11) is 0. The van der Waals surface area contributed by atoms with Gasteiger partial charge in [0.15, 0.2) is 6.17 Å². The minimum atomic E-state index is -0.719. The lowest BCUT2D eigenvalue weighted by atomic mass is 9.94. The van der Waals surface area contributed by atoms with Gasteiger partial charge in [0.05, 0.1) is 5.76 Å².